The van der Waals surface area contributed by atoms with Gasteiger partial charge in [0, 0.05) is 44.0 Å². The van der Waals surface area contributed by atoms with E-state index in [0.29, 0.717) is 44.0 Å². The predicted octanol–water partition coefficient (Wildman–Crippen LogP) is 2.39. The van der Waals surface area contributed by atoms with Crippen molar-refractivity contribution >= 4 is 11.6 Å². The number of hydrogen-bond donors (Lipinski definition) is 2. The van der Waals surface area contributed by atoms with Crippen molar-refractivity contribution in [3.8, 4) is 0 Å². The van der Waals surface area contributed by atoms with Crippen molar-refractivity contribution in [1.82, 2.24) is 10.2 Å². The first-order chi connectivity index (χ1) is 15.3. The first kappa shape index (κ1) is 22.6. The van der Waals surface area contributed by atoms with E-state index in [2.05, 4.69) is 10.2 Å². The molecule has 0 bridgehead atoms. The van der Waals surface area contributed by atoms with Gasteiger partial charge in [0.25, 0.3) is 5.91 Å². The zero-order valence-electron chi connectivity index (χ0n) is 17.5. The van der Waals surface area contributed by atoms with Crippen molar-refractivity contribution < 1.29 is 27.8 Å². The van der Waals surface area contributed by atoms with E-state index in [1.807, 2.05) is 11.0 Å². The highest BCUT2D eigenvalue weighted by atomic mass is 19.4. The molecule has 2 heterocycles. The minimum absolute atomic E-state index is 0.231. The fraction of sp³-hybridized carbons (Fsp3) is 0.435. The van der Waals surface area contributed by atoms with Crippen molar-refractivity contribution in [2.24, 2.45) is 0 Å². The van der Waals surface area contributed by atoms with Gasteiger partial charge in [-0.25, -0.2) is 0 Å². The standard InChI is InChI=1S/C23H26F3N3O3/c24-23(25,26)17-7-4-8-18(13-17)29-11-9-28(10-12-29)14-20-21(30)19(15-32-20)27-22(31)16-5-2-1-3-6-16/h1-8,13,19-21,30H,9-12,14-15H2,(H,27,31)/t19-,20-,21+/m0/s1. The number of anilines is 1. The lowest BCUT2D eigenvalue weighted by Gasteiger charge is -2.37. The molecule has 9 heteroatoms. The zero-order chi connectivity index (χ0) is 22.7. The van der Waals surface area contributed by atoms with E-state index in [9.17, 15) is 23.1 Å². The van der Waals surface area contributed by atoms with Gasteiger partial charge in [0.15, 0.2) is 0 Å². The second-order valence-electron chi connectivity index (χ2n) is 8.14. The number of rotatable bonds is 5. The van der Waals surface area contributed by atoms with Crippen LogP contribution in [0, 0.1) is 0 Å². The number of nitrogens with one attached hydrogen (secondary N) is 1. The lowest BCUT2D eigenvalue weighted by atomic mass is 10.1. The first-order valence-corrected chi connectivity index (χ1v) is 10.6. The minimum Gasteiger partial charge on any atom is -0.388 e. The molecule has 0 aliphatic carbocycles. The number of halogens is 3. The summed E-state index contributed by atoms with van der Waals surface area (Å²) in [6.07, 6.45) is -5.62. The SMILES string of the molecule is O=C(N[C@H]1CO[C@@H](CN2CCN(c3cccc(C(F)(F)F)c3)CC2)[C@@H]1O)c1ccccc1. The summed E-state index contributed by atoms with van der Waals surface area (Å²) in [7, 11) is 0. The molecular formula is C23H26F3N3O3. The van der Waals surface area contributed by atoms with Crippen LogP contribution < -0.4 is 10.2 Å². The Morgan fingerprint density at radius 2 is 1.78 bits per heavy atom. The van der Waals surface area contributed by atoms with Crippen LogP contribution in [-0.4, -0.2) is 73.5 Å². The zero-order valence-corrected chi connectivity index (χ0v) is 17.5. The monoisotopic (exact) mass is 449 g/mol. The van der Waals surface area contributed by atoms with Crippen LogP contribution in [0.4, 0.5) is 18.9 Å². The van der Waals surface area contributed by atoms with Gasteiger partial charge in [-0.05, 0) is 30.3 Å². The van der Waals surface area contributed by atoms with Gasteiger partial charge in [0.05, 0.1) is 24.3 Å². The molecule has 2 aliphatic rings. The number of benzene rings is 2. The molecule has 0 aromatic heterocycles. The molecule has 2 N–H and O–H groups in total. The van der Waals surface area contributed by atoms with Crippen LogP contribution in [0.3, 0.4) is 0 Å². The van der Waals surface area contributed by atoms with Crippen LogP contribution in [0.25, 0.3) is 0 Å². The molecule has 2 aliphatic heterocycles. The molecule has 1 amide bonds. The van der Waals surface area contributed by atoms with Gasteiger partial charge >= 0.3 is 6.18 Å². The Balaban J connectivity index is 1.27. The third kappa shape index (κ3) is 5.23. The summed E-state index contributed by atoms with van der Waals surface area (Å²) < 4.78 is 44.7. The maximum absolute atomic E-state index is 13.0. The van der Waals surface area contributed by atoms with E-state index >= 15 is 0 Å². The molecule has 32 heavy (non-hydrogen) atoms. The normalized spacial score (nSPS) is 24.5. The molecule has 6 nitrogen and oxygen atoms in total. The lowest BCUT2D eigenvalue weighted by Crippen LogP contribution is -2.51. The number of aliphatic hydroxyl groups excluding tert-OH is 1. The number of ether oxygens (including phenoxy) is 1. The van der Waals surface area contributed by atoms with E-state index in [0.717, 1.165) is 6.07 Å². The summed E-state index contributed by atoms with van der Waals surface area (Å²) in [5, 5.41) is 13.5. The fourth-order valence-corrected chi connectivity index (χ4v) is 4.13. The smallest absolute Gasteiger partial charge is 0.388 e. The third-order valence-electron chi connectivity index (χ3n) is 5.98. The Morgan fingerprint density at radius 3 is 2.47 bits per heavy atom. The summed E-state index contributed by atoms with van der Waals surface area (Å²) >= 11 is 0. The van der Waals surface area contributed by atoms with Crippen molar-refractivity contribution in [3.05, 3.63) is 65.7 Å². The number of amides is 1. The topological polar surface area (TPSA) is 65.0 Å². The molecule has 172 valence electrons. The van der Waals surface area contributed by atoms with Gasteiger partial charge in [-0.1, -0.05) is 24.3 Å². The third-order valence-corrected chi connectivity index (χ3v) is 5.98. The van der Waals surface area contributed by atoms with E-state index < -0.39 is 30.0 Å². The van der Waals surface area contributed by atoms with Crippen LogP contribution >= 0.6 is 0 Å². The maximum Gasteiger partial charge on any atom is 0.416 e. The Bertz CT molecular complexity index is 917. The van der Waals surface area contributed by atoms with E-state index in [1.165, 1.54) is 12.1 Å². The number of piperazine rings is 1. The maximum atomic E-state index is 13.0. The first-order valence-electron chi connectivity index (χ1n) is 10.6. The molecule has 0 spiro atoms. The molecule has 0 radical (unpaired) electrons. The van der Waals surface area contributed by atoms with Gasteiger partial charge in [0.2, 0.25) is 0 Å². The molecule has 2 aromatic rings. The molecule has 2 saturated heterocycles. The molecule has 4 rings (SSSR count). The number of carbonyl (C=O) groups is 1. The lowest BCUT2D eigenvalue weighted by molar-refractivity contribution is -0.137. The van der Waals surface area contributed by atoms with E-state index in [-0.39, 0.29) is 12.5 Å². The van der Waals surface area contributed by atoms with Gasteiger partial charge in [0.1, 0.15) is 6.10 Å². The molecular weight excluding hydrogens is 423 g/mol. The number of hydrogen-bond acceptors (Lipinski definition) is 5. The Morgan fingerprint density at radius 1 is 1.06 bits per heavy atom. The minimum atomic E-state index is -4.36. The van der Waals surface area contributed by atoms with Gasteiger partial charge < -0.3 is 20.1 Å². The summed E-state index contributed by atoms with van der Waals surface area (Å²) in [6, 6.07) is 13.7. The van der Waals surface area contributed by atoms with Gasteiger partial charge in [-0.3, -0.25) is 9.69 Å². The molecule has 3 atom stereocenters. The predicted molar refractivity (Wildman–Crippen MR) is 114 cm³/mol. The summed E-state index contributed by atoms with van der Waals surface area (Å²) in [5.74, 6) is -0.256. The van der Waals surface area contributed by atoms with Crippen LogP contribution in [0.2, 0.25) is 0 Å². The molecule has 2 fully saturated rings. The van der Waals surface area contributed by atoms with Crippen LogP contribution in [0.5, 0.6) is 0 Å². The number of nitrogens with zero attached hydrogens (tertiary/aromatic N) is 2. The second-order valence-corrected chi connectivity index (χ2v) is 8.14. The summed E-state index contributed by atoms with van der Waals surface area (Å²) in [4.78, 5) is 16.4. The van der Waals surface area contributed by atoms with Crippen LogP contribution in [0.15, 0.2) is 54.6 Å². The number of carbonyl (C=O) groups excluding carboxylic acids is 1. The highest BCUT2D eigenvalue weighted by Gasteiger charge is 2.38. The largest absolute Gasteiger partial charge is 0.416 e. The average molecular weight is 449 g/mol. The van der Waals surface area contributed by atoms with E-state index in [1.54, 1.807) is 30.3 Å². The number of aliphatic hydroxyl groups is 1. The van der Waals surface area contributed by atoms with Gasteiger partial charge in [-0.2, -0.15) is 13.2 Å². The summed E-state index contributed by atoms with van der Waals surface area (Å²) in [6.45, 7) is 3.17. The highest BCUT2D eigenvalue weighted by molar-refractivity contribution is 5.94. The highest BCUT2D eigenvalue weighted by Crippen LogP contribution is 2.32. The van der Waals surface area contributed by atoms with E-state index in [4.69, 9.17) is 4.74 Å². The molecule has 0 unspecified atom stereocenters. The number of alkyl halides is 3. The Hall–Kier alpha value is -2.62. The Kier molecular flexibility index (Phi) is 6.68. The Labute approximate surface area is 184 Å². The average Bonchev–Trinajstić information content (AvgIpc) is 3.13. The summed E-state index contributed by atoms with van der Waals surface area (Å²) in [5.41, 5.74) is 0.428. The fourth-order valence-electron chi connectivity index (χ4n) is 4.13. The van der Waals surface area contributed by atoms with Crippen LogP contribution in [-0.2, 0) is 10.9 Å². The van der Waals surface area contributed by atoms with Crippen molar-refractivity contribution in [2.45, 2.75) is 24.4 Å². The van der Waals surface area contributed by atoms with Crippen molar-refractivity contribution in [2.75, 3.05) is 44.2 Å². The van der Waals surface area contributed by atoms with Crippen molar-refractivity contribution in [1.29, 1.82) is 0 Å². The van der Waals surface area contributed by atoms with Crippen molar-refractivity contribution in [3.63, 3.8) is 0 Å². The second kappa shape index (κ2) is 9.48. The van der Waals surface area contributed by atoms with Gasteiger partial charge in [-0.15, -0.1) is 0 Å². The van der Waals surface area contributed by atoms with Crippen LogP contribution in [0.1, 0.15) is 15.9 Å². The molecule has 0 saturated carbocycles. The molecule has 2 aromatic carbocycles. The quantitative estimate of drug-likeness (QED) is 0.734.